The maximum atomic E-state index is 13.3. The lowest BCUT2D eigenvalue weighted by molar-refractivity contribution is -0.151. The zero-order chi connectivity index (χ0) is 19.4. The van der Waals surface area contributed by atoms with E-state index in [4.69, 9.17) is 11.6 Å². The van der Waals surface area contributed by atoms with Crippen LogP contribution in [0.25, 0.3) is 0 Å². The molecule has 2 N–H and O–H groups in total. The number of aromatic nitrogens is 2. The molecule has 2 aliphatic rings. The number of nitrogens with zero attached hydrogens (tertiary/aromatic N) is 3. The lowest BCUT2D eigenvalue weighted by Crippen LogP contribution is -2.54. The third kappa shape index (κ3) is 3.13. The van der Waals surface area contributed by atoms with Gasteiger partial charge in [-0.15, -0.1) is 0 Å². The summed E-state index contributed by atoms with van der Waals surface area (Å²) in [6, 6.07) is -1.42. The number of halogens is 1. The molecule has 2 heterocycles. The monoisotopic (exact) mass is 380 g/mol. The predicted octanol–water partition coefficient (Wildman–Crippen LogP) is 2.52. The van der Waals surface area contributed by atoms with Crippen molar-refractivity contribution in [3.8, 4) is 0 Å². The Labute approximate surface area is 158 Å². The van der Waals surface area contributed by atoms with Crippen LogP contribution in [-0.4, -0.2) is 50.5 Å². The fraction of sp³-hybridized carbons (Fsp3) is 0.667. The number of hydrogen-bond acceptors (Lipinski definition) is 5. The number of nitrogens with one attached hydrogen (secondary N) is 1. The van der Waals surface area contributed by atoms with Crippen LogP contribution in [0, 0.1) is 22.7 Å². The van der Waals surface area contributed by atoms with Crippen LogP contribution >= 0.6 is 11.6 Å². The lowest BCUT2D eigenvalue weighted by Gasteiger charge is -2.37. The van der Waals surface area contributed by atoms with Gasteiger partial charge in [0.15, 0.2) is 0 Å². The zero-order valence-electron chi connectivity index (χ0n) is 15.7. The highest BCUT2D eigenvalue weighted by atomic mass is 35.5. The van der Waals surface area contributed by atoms with Gasteiger partial charge in [0.2, 0.25) is 5.91 Å². The molecule has 26 heavy (non-hydrogen) atoms. The highest BCUT2D eigenvalue weighted by Gasteiger charge is 2.70. The van der Waals surface area contributed by atoms with Crippen LogP contribution in [0.3, 0.4) is 0 Å². The van der Waals surface area contributed by atoms with Gasteiger partial charge in [-0.2, -0.15) is 0 Å². The van der Waals surface area contributed by atoms with Gasteiger partial charge in [-0.1, -0.05) is 46.2 Å². The number of carbonyl (C=O) groups excluding carboxylic acids is 1. The van der Waals surface area contributed by atoms with Crippen molar-refractivity contribution in [2.75, 3.05) is 11.9 Å². The number of aliphatic carboxylic acids is 1. The number of carboxylic acids is 1. The summed E-state index contributed by atoms with van der Waals surface area (Å²) in [5.74, 6) is -0.529. The molecule has 4 atom stereocenters. The van der Waals surface area contributed by atoms with Crippen LogP contribution in [0.4, 0.5) is 5.82 Å². The SMILES string of the molecule is CC(C)(C)[C@H](Nc1cncc(Cl)n1)C(=O)N1C[C@H]2[C@@H]([C@H]1C(=O)O)C2(C)C. The molecule has 1 saturated heterocycles. The standard InChI is InChI=1S/C18H25ClN4O3/c1-17(2,3)14(22-11-7-20-6-10(19)21-11)15(24)23-8-9-12(18(9,4)5)13(23)16(25)26/h6-7,9,12-14H,8H2,1-5H3,(H,21,22)(H,25,26)/t9-,12-,13-,14+/m0/s1. The first kappa shape index (κ1) is 18.9. The molecule has 1 aliphatic carbocycles. The number of anilines is 1. The highest BCUT2D eigenvalue weighted by molar-refractivity contribution is 6.29. The fourth-order valence-electron chi connectivity index (χ4n) is 4.17. The van der Waals surface area contributed by atoms with Gasteiger partial charge >= 0.3 is 5.97 Å². The molecule has 0 spiro atoms. The van der Waals surface area contributed by atoms with Crippen LogP contribution in [0.5, 0.6) is 0 Å². The van der Waals surface area contributed by atoms with Crippen molar-refractivity contribution in [3.63, 3.8) is 0 Å². The number of rotatable bonds is 4. The summed E-state index contributed by atoms with van der Waals surface area (Å²) in [4.78, 5) is 34.8. The van der Waals surface area contributed by atoms with Gasteiger partial charge in [0, 0.05) is 12.5 Å². The van der Waals surface area contributed by atoms with E-state index < -0.39 is 23.5 Å². The van der Waals surface area contributed by atoms with Gasteiger partial charge < -0.3 is 15.3 Å². The molecule has 0 aromatic carbocycles. The Morgan fingerprint density at radius 2 is 2.04 bits per heavy atom. The Hall–Kier alpha value is -1.89. The van der Waals surface area contributed by atoms with Gasteiger partial charge in [-0.05, 0) is 16.7 Å². The number of carbonyl (C=O) groups is 2. The lowest BCUT2D eigenvalue weighted by atomic mass is 9.85. The number of likely N-dealkylation sites (tertiary alicyclic amines) is 1. The van der Waals surface area contributed by atoms with Crippen molar-refractivity contribution in [3.05, 3.63) is 17.5 Å². The third-order valence-electron chi connectivity index (χ3n) is 5.75. The van der Waals surface area contributed by atoms with E-state index >= 15 is 0 Å². The topological polar surface area (TPSA) is 95.4 Å². The number of carboxylic acid groups (broad SMARTS) is 1. The van der Waals surface area contributed by atoms with E-state index in [0.29, 0.717) is 12.4 Å². The maximum Gasteiger partial charge on any atom is 0.326 e. The minimum absolute atomic E-state index is 0.00975. The maximum absolute atomic E-state index is 13.3. The van der Waals surface area contributed by atoms with E-state index in [9.17, 15) is 14.7 Å². The van der Waals surface area contributed by atoms with E-state index in [1.165, 1.54) is 17.3 Å². The van der Waals surface area contributed by atoms with Crippen LogP contribution in [0.1, 0.15) is 34.6 Å². The molecule has 7 nitrogen and oxygen atoms in total. The predicted molar refractivity (Wildman–Crippen MR) is 97.8 cm³/mol. The molecule has 1 saturated carbocycles. The van der Waals surface area contributed by atoms with E-state index in [2.05, 4.69) is 29.1 Å². The second-order valence-electron chi connectivity index (χ2n) is 8.90. The Kier molecular flexibility index (Phi) is 4.42. The third-order valence-corrected chi connectivity index (χ3v) is 5.94. The molecule has 0 bridgehead atoms. The summed E-state index contributed by atoms with van der Waals surface area (Å²) >= 11 is 5.88. The minimum atomic E-state index is -0.938. The van der Waals surface area contributed by atoms with Crippen LogP contribution in [-0.2, 0) is 9.59 Å². The summed E-state index contributed by atoms with van der Waals surface area (Å²) in [5, 5.41) is 13.0. The van der Waals surface area contributed by atoms with E-state index in [-0.39, 0.29) is 28.3 Å². The van der Waals surface area contributed by atoms with E-state index in [1.54, 1.807) is 0 Å². The van der Waals surface area contributed by atoms with Crippen LogP contribution < -0.4 is 5.32 Å². The quantitative estimate of drug-likeness (QED) is 0.833. The number of fused-ring (bicyclic) bond motifs is 1. The molecule has 3 rings (SSSR count). The van der Waals surface area contributed by atoms with E-state index in [1.807, 2.05) is 20.8 Å². The number of piperidine rings is 1. The molecule has 1 aliphatic heterocycles. The Bertz CT molecular complexity index is 746. The summed E-state index contributed by atoms with van der Waals surface area (Å²) in [6.07, 6.45) is 2.91. The zero-order valence-corrected chi connectivity index (χ0v) is 16.4. The van der Waals surface area contributed by atoms with Gasteiger partial charge in [-0.3, -0.25) is 9.78 Å². The first-order chi connectivity index (χ1) is 11.9. The minimum Gasteiger partial charge on any atom is -0.480 e. The average Bonchev–Trinajstić information content (AvgIpc) is 2.89. The molecule has 0 radical (unpaired) electrons. The van der Waals surface area contributed by atoms with Gasteiger partial charge in [0.25, 0.3) is 0 Å². The Balaban J connectivity index is 1.86. The number of amides is 1. The molecule has 0 unspecified atom stereocenters. The van der Waals surface area contributed by atoms with Crippen molar-refractivity contribution in [1.82, 2.24) is 14.9 Å². The van der Waals surface area contributed by atoms with Crippen molar-refractivity contribution >= 4 is 29.3 Å². The normalized spacial score (nSPS) is 27.6. The first-order valence-electron chi connectivity index (χ1n) is 8.72. The smallest absolute Gasteiger partial charge is 0.326 e. The molecule has 1 amide bonds. The van der Waals surface area contributed by atoms with Crippen LogP contribution in [0.2, 0.25) is 5.15 Å². The summed E-state index contributed by atoms with van der Waals surface area (Å²) in [7, 11) is 0. The van der Waals surface area contributed by atoms with Crippen molar-refractivity contribution < 1.29 is 14.7 Å². The van der Waals surface area contributed by atoms with Gasteiger partial charge in [0.05, 0.1) is 12.4 Å². The van der Waals surface area contributed by atoms with E-state index in [0.717, 1.165) is 0 Å². The molecular weight excluding hydrogens is 356 g/mol. The molecular formula is C18H25ClN4O3. The Morgan fingerprint density at radius 3 is 2.58 bits per heavy atom. The van der Waals surface area contributed by atoms with Crippen molar-refractivity contribution in [1.29, 1.82) is 0 Å². The summed E-state index contributed by atoms with van der Waals surface area (Å²) in [6.45, 7) is 10.4. The Morgan fingerprint density at radius 1 is 1.38 bits per heavy atom. The average molecular weight is 381 g/mol. The second kappa shape index (κ2) is 6.08. The first-order valence-corrected chi connectivity index (χ1v) is 9.09. The highest BCUT2D eigenvalue weighted by Crippen LogP contribution is 2.65. The summed E-state index contributed by atoms with van der Waals surface area (Å²) in [5.41, 5.74) is -0.477. The van der Waals surface area contributed by atoms with Gasteiger partial charge in [0.1, 0.15) is 23.1 Å². The largest absolute Gasteiger partial charge is 0.480 e. The van der Waals surface area contributed by atoms with Gasteiger partial charge in [-0.25, -0.2) is 9.78 Å². The molecule has 2 fully saturated rings. The van der Waals surface area contributed by atoms with Crippen LogP contribution in [0.15, 0.2) is 12.4 Å². The molecule has 8 heteroatoms. The molecule has 1 aromatic heterocycles. The fourth-order valence-corrected chi connectivity index (χ4v) is 4.32. The van der Waals surface area contributed by atoms with Crippen molar-refractivity contribution in [2.45, 2.75) is 46.7 Å². The summed E-state index contributed by atoms with van der Waals surface area (Å²) < 4.78 is 0. The second-order valence-corrected chi connectivity index (χ2v) is 9.28. The van der Waals surface area contributed by atoms with Crippen molar-refractivity contribution in [2.24, 2.45) is 22.7 Å². The molecule has 142 valence electrons. The number of hydrogen-bond donors (Lipinski definition) is 2. The molecule has 1 aromatic rings.